The van der Waals surface area contributed by atoms with Crippen molar-refractivity contribution in [2.75, 3.05) is 0 Å². The fourth-order valence-electron chi connectivity index (χ4n) is 1.63. The molecule has 0 N–H and O–H groups in total. The van der Waals surface area contributed by atoms with Gasteiger partial charge in [0, 0.05) is 12.6 Å². The molecule has 1 heterocycles. The van der Waals surface area contributed by atoms with Crippen LogP contribution < -0.4 is 0 Å². The molecular weight excluding hydrogens is 200 g/mol. The summed E-state index contributed by atoms with van der Waals surface area (Å²) >= 11 is 0. The molecule has 0 saturated carbocycles. The van der Waals surface area contributed by atoms with Gasteiger partial charge in [0.15, 0.2) is 0 Å². The lowest BCUT2D eigenvalue weighted by molar-refractivity contribution is -0.107. The van der Waals surface area contributed by atoms with E-state index in [1.165, 1.54) is 0 Å². The number of hydrogen-bond acceptors (Lipinski definition) is 2. The summed E-state index contributed by atoms with van der Waals surface area (Å²) in [5.74, 6) is 0. The summed E-state index contributed by atoms with van der Waals surface area (Å²) in [6, 6.07) is 8.10. The maximum atomic E-state index is 10.3. The first-order valence-corrected chi connectivity index (χ1v) is 5.34. The van der Waals surface area contributed by atoms with Crippen molar-refractivity contribution in [1.82, 2.24) is 9.78 Å². The van der Waals surface area contributed by atoms with Crippen molar-refractivity contribution < 1.29 is 4.79 Å². The maximum absolute atomic E-state index is 10.3. The molecule has 0 atom stereocenters. The average Bonchev–Trinajstić information content (AvgIpc) is 2.74. The molecule has 0 spiro atoms. The minimum Gasteiger partial charge on any atom is -0.303 e. The summed E-state index contributed by atoms with van der Waals surface area (Å²) < 4.78 is 1.85. The van der Waals surface area contributed by atoms with Gasteiger partial charge in [0.25, 0.3) is 0 Å². The molecule has 2 rings (SSSR count). The van der Waals surface area contributed by atoms with Crippen LogP contribution in [0.2, 0.25) is 0 Å². The zero-order valence-electron chi connectivity index (χ0n) is 9.26. The minimum absolute atomic E-state index is 0.571. The lowest BCUT2D eigenvalue weighted by Crippen LogP contribution is -1.95. The van der Waals surface area contributed by atoms with E-state index in [1.54, 1.807) is 0 Å². The standard InChI is InChI=1S/C13H14N2O/c1-11-9-14-15(10-11)13-6-2-4-12(8-13)5-3-7-16/h2,4,6-10H,3,5H2,1H3. The Kier molecular flexibility index (Phi) is 3.15. The van der Waals surface area contributed by atoms with Crippen molar-refractivity contribution in [1.29, 1.82) is 0 Å². The van der Waals surface area contributed by atoms with Crippen LogP contribution in [-0.2, 0) is 11.2 Å². The third kappa shape index (κ3) is 2.37. The largest absolute Gasteiger partial charge is 0.303 e. The van der Waals surface area contributed by atoms with Gasteiger partial charge in [-0.1, -0.05) is 12.1 Å². The third-order valence-corrected chi connectivity index (χ3v) is 2.44. The number of benzene rings is 1. The molecular formula is C13H14N2O. The fraction of sp³-hybridized carbons (Fsp3) is 0.231. The highest BCUT2D eigenvalue weighted by Crippen LogP contribution is 2.11. The molecule has 0 saturated heterocycles. The molecule has 0 bridgehead atoms. The summed E-state index contributed by atoms with van der Waals surface area (Å²) in [7, 11) is 0. The molecule has 0 radical (unpaired) electrons. The van der Waals surface area contributed by atoms with E-state index < -0.39 is 0 Å². The van der Waals surface area contributed by atoms with E-state index >= 15 is 0 Å². The molecule has 0 aliphatic carbocycles. The number of aromatic nitrogens is 2. The van der Waals surface area contributed by atoms with Crippen LogP contribution in [0.25, 0.3) is 5.69 Å². The number of carbonyl (C=O) groups excluding carboxylic acids is 1. The Labute approximate surface area is 94.7 Å². The zero-order chi connectivity index (χ0) is 11.4. The van der Waals surface area contributed by atoms with Gasteiger partial charge in [-0.05, 0) is 36.6 Å². The second-order valence-corrected chi connectivity index (χ2v) is 3.84. The fourth-order valence-corrected chi connectivity index (χ4v) is 1.63. The lowest BCUT2D eigenvalue weighted by atomic mass is 10.1. The predicted octanol–water partition coefficient (Wildman–Crippen LogP) is 2.31. The van der Waals surface area contributed by atoms with Crippen molar-refractivity contribution in [3.63, 3.8) is 0 Å². The van der Waals surface area contributed by atoms with Crippen molar-refractivity contribution in [3.8, 4) is 5.69 Å². The van der Waals surface area contributed by atoms with E-state index in [1.807, 2.05) is 42.2 Å². The van der Waals surface area contributed by atoms with Crippen LogP contribution in [0, 0.1) is 6.92 Å². The average molecular weight is 214 g/mol. The zero-order valence-corrected chi connectivity index (χ0v) is 9.26. The van der Waals surface area contributed by atoms with E-state index in [9.17, 15) is 4.79 Å². The SMILES string of the molecule is Cc1cnn(-c2cccc(CCC=O)c2)c1. The lowest BCUT2D eigenvalue weighted by Gasteiger charge is -2.03. The summed E-state index contributed by atoms with van der Waals surface area (Å²) in [6.45, 7) is 2.01. The van der Waals surface area contributed by atoms with Crippen molar-refractivity contribution in [2.45, 2.75) is 19.8 Å². The molecule has 0 unspecified atom stereocenters. The second kappa shape index (κ2) is 4.75. The van der Waals surface area contributed by atoms with E-state index in [2.05, 4.69) is 11.2 Å². The summed E-state index contributed by atoms with van der Waals surface area (Å²) in [6.07, 6.45) is 6.13. The van der Waals surface area contributed by atoms with Gasteiger partial charge in [-0.25, -0.2) is 4.68 Å². The Balaban J connectivity index is 2.25. The summed E-state index contributed by atoms with van der Waals surface area (Å²) in [4.78, 5) is 10.3. The minimum atomic E-state index is 0.571. The number of aldehydes is 1. The highest BCUT2D eigenvalue weighted by atomic mass is 16.1. The Bertz CT molecular complexity index is 488. The highest BCUT2D eigenvalue weighted by Gasteiger charge is 1.99. The molecule has 0 amide bonds. The van der Waals surface area contributed by atoms with Crippen LogP contribution >= 0.6 is 0 Å². The molecule has 3 heteroatoms. The maximum Gasteiger partial charge on any atom is 0.120 e. The van der Waals surface area contributed by atoms with Gasteiger partial charge < -0.3 is 4.79 Å². The molecule has 0 aliphatic rings. The van der Waals surface area contributed by atoms with E-state index in [4.69, 9.17) is 0 Å². The second-order valence-electron chi connectivity index (χ2n) is 3.84. The van der Waals surface area contributed by atoms with Gasteiger partial charge in [0.05, 0.1) is 11.9 Å². The molecule has 2 aromatic rings. The van der Waals surface area contributed by atoms with Crippen LogP contribution in [0.3, 0.4) is 0 Å². The Hall–Kier alpha value is -1.90. The molecule has 1 aromatic carbocycles. The van der Waals surface area contributed by atoms with Crippen molar-refractivity contribution >= 4 is 6.29 Å². The van der Waals surface area contributed by atoms with E-state index in [0.717, 1.165) is 29.5 Å². The first-order chi connectivity index (χ1) is 7.79. The highest BCUT2D eigenvalue weighted by molar-refractivity contribution is 5.50. The van der Waals surface area contributed by atoms with Crippen LogP contribution in [0.1, 0.15) is 17.5 Å². The van der Waals surface area contributed by atoms with Crippen molar-refractivity contribution in [3.05, 3.63) is 47.8 Å². The Morgan fingerprint density at radius 1 is 1.44 bits per heavy atom. The topological polar surface area (TPSA) is 34.9 Å². The van der Waals surface area contributed by atoms with Crippen LogP contribution in [0.15, 0.2) is 36.7 Å². The summed E-state index contributed by atoms with van der Waals surface area (Å²) in [5, 5.41) is 4.25. The van der Waals surface area contributed by atoms with Crippen LogP contribution in [-0.4, -0.2) is 16.1 Å². The van der Waals surface area contributed by atoms with Gasteiger partial charge in [-0.15, -0.1) is 0 Å². The first-order valence-electron chi connectivity index (χ1n) is 5.34. The first kappa shape index (κ1) is 10.6. The molecule has 16 heavy (non-hydrogen) atoms. The van der Waals surface area contributed by atoms with Gasteiger partial charge in [0.2, 0.25) is 0 Å². The van der Waals surface area contributed by atoms with E-state index in [0.29, 0.717) is 6.42 Å². The smallest absolute Gasteiger partial charge is 0.120 e. The predicted molar refractivity (Wildman–Crippen MR) is 62.7 cm³/mol. The number of hydrogen-bond donors (Lipinski definition) is 0. The Morgan fingerprint density at radius 3 is 3.00 bits per heavy atom. The van der Waals surface area contributed by atoms with Crippen LogP contribution in [0.4, 0.5) is 0 Å². The monoisotopic (exact) mass is 214 g/mol. The number of carbonyl (C=O) groups is 1. The van der Waals surface area contributed by atoms with Gasteiger partial charge in [-0.3, -0.25) is 0 Å². The molecule has 0 aliphatic heterocycles. The molecule has 1 aromatic heterocycles. The van der Waals surface area contributed by atoms with Gasteiger partial charge in [-0.2, -0.15) is 5.10 Å². The number of aryl methyl sites for hydroxylation is 2. The van der Waals surface area contributed by atoms with E-state index in [-0.39, 0.29) is 0 Å². The number of rotatable bonds is 4. The molecule has 3 nitrogen and oxygen atoms in total. The normalized spacial score (nSPS) is 10.3. The van der Waals surface area contributed by atoms with Gasteiger partial charge in [0.1, 0.15) is 6.29 Å². The van der Waals surface area contributed by atoms with Crippen molar-refractivity contribution in [2.24, 2.45) is 0 Å². The summed E-state index contributed by atoms with van der Waals surface area (Å²) in [5.41, 5.74) is 3.34. The Morgan fingerprint density at radius 2 is 2.31 bits per heavy atom. The molecule has 0 fully saturated rings. The molecule has 82 valence electrons. The van der Waals surface area contributed by atoms with Gasteiger partial charge >= 0.3 is 0 Å². The third-order valence-electron chi connectivity index (χ3n) is 2.44. The van der Waals surface area contributed by atoms with Crippen LogP contribution in [0.5, 0.6) is 0 Å². The quantitative estimate of drug-likeness (QED) is 0.732. The number of nitrogens with zero attached hydrogens (tertiary/aromatic N) is 2.